The average molecular weight is 410 g/mol. The highest BCUT2D eigenvalue weighted by molar-refractivity contribution is 5.71. The number of carbonyl (C=O) groups is 1. The first-order valence-electron chi connectivity index (χ1n) is 11.0. The summed E-state index contributed by atoms with van der Waals surface area (Å²) in [5, 5.41) is 0. The van der Waals surface area contributed by atoms with E-state index in [1.165, 1.54) is 30.5 Å². The van der Waals surface area contributed by atoms with Gasteiger partial charge in [-0.1, -0.05) is 13.8 Å². The zero-order valence-electron chi connectivity index (χ0n) is 19.1. The molecule has 0 heterocycles. The highest BCUT2D eigenvalue weighted by Gasteiger charge is 2.61. The Labute approximate surface area is 175 Å². The van der Waals surface area contributed by atoms with E-state index < -0.39 is 5.60 Å². The summed E-state index contributed by atoms with van der Waals surface area (Å²) in [7, 11) is 1.66. The fourth-order valence-corrected chi connectivity index (χ4v) is 5.80. The molecule has 6 heteroatoms. The van der Waals surface area contributed by atoms with Gasteiger partial charge in [0.1, 0.15) is 5.60 Å². The lowest BCUT2D eigenvalue weighted by Crippen LogP contribution is -2.56. The third-order valence-corrected chi connectivity index (χ3v) is 6.42. The Balaban J connectivity index is 1.64. The highest BCUT2D eigenvalue weighted by Crippen LogP contribution is 2.71. The predicted octanol–water partition coefficient (Wildman–Crippen LogP) is 4.39. The minimum absolute atomic E-state index is 0.251. The topological polar surface area (TPSA) is 57.2 Å². The maximum Gasteiger partial charge on any atom is 0.414 e. The Morgan fingerprint density at radius 2 is 1.72 bits per heavy atom. The van der Waals surface area contributed by atoms with E-state index in [1.54, 1.807) is 7.11 Å². The van der Waals surface area contributed by atoms with E-state index in [1.807, 2.05) is 25.7 Å². The molecule has 4 bridgehead atoms. The van der Waals surface area contributed by atoms with Crippen molar-refractivity contribution in [2.24, 2.45) is 16.7 Å². The lowest BCUT2D eigenvalue weighted by Gasteiger charge is -2.65. The van der Waals surface area contributed by atoms with Crippen molar-refractivity contribution in [3.05, 3.63) is 11.3 Å². The first-order chi connectivity index (χ1) is 13.6. The summed E-state index contributed by atoms with van der Waals surface area (Å²) in [6, 6.07) is 0. The van der Waals surface area contributed by atoms with Crippen LogP contribution >= 0.6 is 0 Å². The standard InChI is InChI=1S/C23H39NO5/c1-21(2,3)29-20(25)24(7-8-27-11-12-28-10-9-26-6)18-15-22(4)13-17-14-23(5,16-22)19(17)18/h17H,7-16H2,1-6H3. The maximum absolute atomic E-state index is 13.1. The van der Waals surface area contributed by atoms with Gasteiger partial charge in [-0.25, -0.2) is 4.79 Å². The van der Waals surface area contributed by atoms with E-state index in [2.05, 4.69) is 13.8 Å². The molecule has 0 aromatic carbocycles. The van der Waals surface area contributed by atoms with Crippen LogP contribution in [0.2, 0.25) is 0 Å². The van der Waals surface area contributed by atoms with Gasteiger partial charge in [0.15, 0.2) is 0 Å². The minimum Gasteiger partial charge on any atom is -0.443 e. The molecule has 6 nitrogen and oxygen atoms in total. The van der Waals surface area contributed by atoms with Gasteiger partial charge in [-0.2, -0.15) is 0 Å². The molecule has 166 valence electrons. The van der Waals surface area contributed by atoms with Crippen molar-refractivity contribution in [1.29, 1.82) is 0 Å². The van der Waals surface area contributed by atoms with Crippen molar-refractivity contribution in [1.82, 2.24) is 4.90 Å². The van der Waals surface area contributed by atoms with Gasteiger partial charge >= 0.3 is 6.09 Å². The number of nitrogens with zero attached hydrogens (tertiary/aromatic N) is 1. The lowest BCUT2D eigenvalue weighted by atomic mass is 9.41. The molecule has 5 rings (SSSR count). The lowest BCUT2D eigenvalue weighted by molar-refractivity contribution is -0.0373. The molecular formula is C23H39NO5. The summed E-state index contributed by atoms with van der Waals surface area (Å²) in [6.45, 7) is 13.7. The molecule has 0 radical (unpaired) electrons. The summed E-state index contributed by atoms with van der Waals surface area (Å²) < 4.78 is 21.9. The van der Waals surface area contributed by atoms with Crippen LogP contribution in [0.5, 0.6) is 0 Å². The van der Waals surface area contributed by atoms with Crippen molar-refractivity contribution < 1.29 is 23.7 Å². The minimum atomic E-state index is -0.513. The molecule has 0 spiro atoms. The largest absolute Gasteiger partial charge is 0.443 e. The number of fused-ring (bicyclic) bond motifs is 1. The van der Waals surface area contributed by atoms with Gasteiger partial charge < -0.3 is 18.9 Å². The molecular weight excluding hydrogens is 370 g/mol. The van der Waals surface area contributed by atoms with Gasteiger partial charge in [0.2, 0.25) is 0 Å². The zero-order valence-corrected chi connectivity index (χ0v) is 19.1. The van der Waals surface area contributed by atoms with Crippen LogP contribution in [-0.4, -0.2) is 63.3 Å². The van der Waals surface area contributed by atoms with E-state index in [0.29, 0.717) is 50.9 Å². The molecule has 0 saturated heterocycles. The third-order valence-electron chi connectivity index (χ3n) is 6.42. The number of carbonyl (C=O) groups excluding carboxylic acids is 1. The van der Waals surface area contributed by atoms with Gasteiger partial charge in [-0.05, 0) is 68.8 Å². The molecule has 29 heavy (non-hydrogen) atoms. The van der Waals surface area contributed by atoms with Crippen molar-refractivity contribution in [3.8, 4) is 0 Å². The Bertz CT molecular complexity index is 640. The predicted molar refractivity (Wildman–Crippen MR) is 112 cm³/mol. The molecule has 5 aliphatic rings. The Morgan fingerprint density at radius 1 is 1.07 bits per heavy atom. The maximum atomic E-state index is 13.1. The molecule has 5 aliphatic carbocycles. The molecule has 3 atom stereocenters. The van der Waals surface area contributed by atoms with Crippen LogP contribution in [0, 0.1) is 16.7 Å². The molecule has 0 aliphatic heterocycles. The summed E-state index contributed by atoms with van der Waals surface area (Å²) in [5.41, 5.74) is 2.76. The quantitative estimate of drug-likeness (QED) is 0.501. The monoisotopic (exact) mass is 409 g/mol. The number of ether oxygens (including phenoxy) is 4. The Kier molecular flexibility index (Phi) is 6.66. The molecule has 3 saturated carbocycles. The second-order valence-corrected chi connectivity index (χ2v) is 10.5. The molecule has 0 aromatic rings. The van der Waals surface area contributed by atoms with Gasteiger partial charge in [-0.15, -0.1) is 0 Å². The Hall–Kier alpha value is -1.11. The van der Waals surface area contributed by atoms with Crippen molar-refractivity contribution >= 4 is 6.09 Å². The van der Waals surface area contributed by atoms with E-state index in [-0.39, 0.29) is 11.5 Å². The summed E-state index contributed by atoms with van der Waals surface area (Å²) in [6.07, 6.45) is 4.48. The molecule has 0 N–H and O–H groups in total. The second-order valence-electron chi connectivity index (χ2n) is 10.5. The smallest absolute Gasteiger partial charge is 0.414 e. The van der Waals surface area contributed by atoms with E-state index in [9.17, 15) is 4.79 Å². The SMILES string of the molecule is COCCOCCOCCN(C(=O)OC(C)(C)C)C1=C2C3CC(C)(C1)CC2(C)C3. The van der Waals surface area contributed by atoms with Gasteiger partial charge in [0.25, 0.3) is 0 Å². The summed E-state index contributed by atoms with van der Waals surface area (Å²) in [5.74, 6) is 0.641. The third kappa shape index (κ3) is 5.15. The highest BCUT2D eigenvalue weighted by atomic mass is 16.6. The first kappa shape index (κ1) is 22.6. The van der Waals surface area contributed by atoms with Crippen LogP contribution in [0.15, 0.2) is 11.3 Å². The zero-order chi connectivity index (χ0) is 21.3. The van der Waals surface area contributed by atoms with Crippen LogP contribution in [0.3, 0.4) is 0 Å². The fraction of sp³-hybridized carbons (Fsp3) is 0.870. The average Bonchev–Trinajstić information content (AvgIpc) is 2.56. The van der Waals surface area contributed by atoms with Crippen molar-refractivity contribution in [2.75, 3.05) is 46.7 Å². The molecule has 1 amide bonds. The molecule has 3 fully saturated rings. The van der Waals surface area contributed by atoms with Crippen LogP contribution in [0.1, 0.15) is 60.3 Å². The van der Waals surface area contributed by atoms with Crippen molar-refractivity contribution in [3.63, 3.8) is 0 Å². The van der Waals surface area contributed by atoms with Gasteiger partial charge in [-0.3, -0.25) is 4.90 Å². The van der Waals surface area contributed by atoms with E-state index in [0.717, 1.165) is 6.42 Å². The van der Waals surface area contributed by atoms with Crippen LogP contribution in [-0.2, 0) is 18.9 Å². The van der Waals surface area contributed by atoms with E-state index >= 15 is 0 Å². The molecule has 3 unspecified atom stereocenters. The number of rotatable bonds is 10. The molecule has 0 aromatic heterocycles. The van der Waals surface area contributed by atoms with Crippen LogP contribution in [0.25, 0.3) is 0 Å². The summed E-state index contributed by atoms with van der Waals surface area (Å²) >= 11 is 0. The van der Waals surface area contributed by atoms with Crippen LogP contribution in [0.4, 0.5) is 4.79 Å². The number of allylic oxidation sites excluding steroid dienone is 2. The number of hydrogen-bond acceptors (Lipinski definition) is 5. The fourth-order valence-electron chi connectivity index (χ4n) is 5.80. The van der Waals surface area contributed by atoms with Crippen molar-refractivity contribution in [2.45, 2.75) is 65.9 Å². The van der Waals surface area contributed by atoms with Gasteiger partial charge in [0, 0.05) is 12.8 Å². The van der Waals surface area contributed by atoms with Crippen LogP contribution < -0.4 is 0 Å². The summed E-state index contributed by atoms with van der Waals surface area (Å²) in [4.78, 5) is 14.9. The van der Waals surface area contributed by atoms with Gasteiger partial charge in [0.05, 0.1) is 39.6 Å². The van der Waals surface area contributed by atoms with E-state index in [4.69, 9.17) is 18.9 Å². The number of hydrogen-bond donors (Lipinski definition) is 0. The number of amides is 1. The Morgan fingerprint density at radius 3 is 2.31 bits per heavy atom. The second kappa shape index (κ2) is 8.56. The first-order valence-corrected chi connectivity index (χ1v) is 11.0. The normalized spacial score (nSPS) is 30.3. The number of methoxy groups -OCH3 is 1.